The molecule has 0 spiro atoms. The summed E-state index contributed by atoms with van der Waals surface area (Å²) in [4.78, 5) is 16.0. The minimum Gasteiger partial charge on any atom is -0.493 e. The lowest BCUT2D eigenvalue weighted by Gasteiger charge is -2.13. The Labute approximate surface area is 142 Å². The van der Waals surface area contributed by atoms with E-state index in [0.29, 0.717) is 23.1 Å². The number of ether oxygens (including phenoxy) is 2. The number of carbonyl (C=O) groups is 1. The first kappa shape index (κ1) is 17.6. The average Bonchev–Trinajstić information content (AvgIpc) is 2.57. The second kappa shape index (κ2) is 8.19. The number of amides is 2. The fourth-order valence-corrected chi connectivity index (χ4v) is 1.98. The molecular weight excluding hydrogens is 306 g/mol. The summed E-state index contributed by atoms with van der Waals surface area (Å²) >= 11 is 0. The summed E-state index contributed by atoms with van der Waals surface area (Å²) in [6, 6.07) is 8.96. The molecule has 24 heavy (non-hydrogen) atoms. The first-order valence-electron chi connectivity index (χ1n) is 7.88. The molecule has 0 bridgehead atoms. The molecule has 2 amide bonds. The Bertz CT molecular complexity index is 686. The first-order valence-corrected chi connectivity index (χ1v) is 7.88. The van der Waals surface area contributed by atoms with E-state index in [0.717, 1.165) is 12.0 Å². The highest BCUT2D eigenvalue weighted by Crippen LogP contribution is 2.31. The molecular formula is C18H23N3O3. The number of methoxy groups -OCH3 is 1. The van der Waals surface area contributed by atoms with Gasteiger partial charge in [0.15, 0.2) is 11.5 Å². The minimum atomic E-state index is -0.250. The molecule has 6 heteroatoms. The molecule has 0 aliphatic heterocycles. The smallest absolute Gasteiger partial charge is 0.319 e. The summed E-state index contributed by atoms with van der Waals surface area (Å²) in [5, 5.41) is 5.56. The van der Waals surface area contributed by atoms with E-state index in [2.05, 4.69) is 15.6 Å². The van der Waals surface area contributed by atoms with E-state index in [4.69, 9.17) is 9.47 Å². The van der Waals surface area contributed by atoms with Crippen LogP contribution < -0.4 is 20.1 Å². The van der Waals surface area contributed by atoms with Crippen LogP contribution in [0, 0.1) is 6.92 Å². The lowest BCUT2D eigenvalue weighted by Crippen LogP contribution is -2.35. The Hall–Kier alpha value is -2.76. The van der Waals surface area contributed by atoms with Crippen LogP contribution in [0.15, 0.2) is 36.5 Å². The van der Waals surface area contributed by atoms with E-state index in [9.17, 15) is 4.79 Å². The monoisotopic (exact) mass is 329 g/mol. The number of benzene rings is 1. The van der Waals surface area contributed by atoms with Gasteiger partial charge in [0.25, 0.3) is 0 Å². The van der Waals surface area contributed by atoms with Gasteiger partial charge in [-0.2, -0.15) is 0 Å². The van der Waals surface area contributed by atoms with Crippen LogP contribution in [0.3, 0.4) is 0 Å². The Morgan fingerprint density at radius 3 is 2.67 bits per heavy atom. The first-order chi connectivity index (χ1) is 11.5. The molecule has 6 nitrogen and oxygen atoms in total. The van der Waals surface area contributed by atoms with E-state index >= 15 is 0 Å². The van der Waals surface area contributed by atoms with Gasteiger partial charge in [-0.25, -0.2) is 9.78 Å². The van der Waals surface area contributed by atoms with Crippen LogP contribution in [-0.2, 0) is 0 Å². The van der Waals surface area contributed by atoms with E-state index in [1.807, 2.05) is 39.0 Å². The number of nitrogens with one attached hydrogen (secondary N) is 2. The molecule has 1 aromatic carbocycles. The number of anilines is 1. The predicted octanol–water partition coefficient (Wildman–Crippen LogP) is 4.11. The third kappa shape index (κ3) is 4.87. The quantitative estimate of drug-likeness (QED) is 0.836. The molecule has 2 aromatic rings. The number of carbonyl (C=O) groups excluding carboxylic acids is 1. The molecule has 0 saturated heterocycles. The van der Waals surface area contributed by atoms with Crippen molar-refractivity contribution in [2.24, 2.45) is 0 Å². The van der Waals surface area contributed by atoms with Crippen molar-refractivity contribution in [2.75, 3.05) is 12.4 Å². The average molecular weight is 329 g/mol. The highest BCUT2D eigenvalue weighted by atomic mass is 16.5. The molecule has 0 saturated carbocycles. The van der Waals surface area contributed by atoms with Gasteiger partial charge in [-0.15, -0.1) is 0 Å². The molecule has 2 N–H and O–H groups in total. The number of aromatic nitrogens is 1. The molecule has 1 aromatic heterocycles. The number of urea groups is 1. The lowest BCUT2D eigenvalue weighted by atomic mass is 10.2. The van der Waals surface area contributed by atoms with Crippen LogP contribution in [0.25, 0.3) is 0 Å². The van der Waals surface area contributed by atoms with Gasteiger partial charge in [0.2, 0.25) is 5.88 Å². The molecule has 1 unspecified atom stereocenters. The van der Waals surface area contributed by atoms with Gasteiger partial charge in [0.1, 0.15) is 0 Å². The second-order valence-corrected chi connectivity index (χ2v) is 5.55. The maximum Gasteiger partial charge on any atom is 0.319 e. The van der Waals surface area contributed by atoms with Crippen molar-refractivity contribution >= 4 is 11.7 Å². The van der Waals surface area contributed by atoms with Crippen molar-refractivity contribution in [3.05, 3.63) is 42.1 Å². The van der Waals surface area contributed by atoms with Gasteiger partial charge in [-0.1, -0.05) is 13.0 Å². The summed E-state index contributed by atoms with van der Waals surface area (Å²) in [7, 11) is 1.60. The predicted molar refractivity (Wildman–Crippen MR) is 93.9 cm³/mol. The van der Waals surface area contributed by atoms with Gasteiger partial charge >= 0.3 is 6.03 Å². The Morgan fingerprint density at radius 2 is 2.04 bits per heavy atom. The van der Waals surface area contributed by atoms with E-state index in [-0.39, 0.29) is 12.1 Å². The number of hydrogen-bond donors (Lipinski definition) is 2. The third-order valence-corrected chi connectivity index (χ3v) is 3.52. The summed E-state index contributed by atoms with van der Waals surface area (Å²) in [6.07, 6.45) is 2.42. The molecule has 0 fully saturated rings. The zero-order chi connectivity index (χ0) is 17.5. The zero-order valence-corrected chi connectivity index (χ0v) is 14.4. The highest BCUT2D eigenvalue weighted by molar-refractivity contribution is 5.89. The van der Waals surface area contributed by atoms with Crippen molar-refractivity contribution in [3.63, 3.8) is 0 Å². The Balaban J connectivity index is 2.01. The number of rotatable bonds is 6. The number of aryl methyl sites for hydroxylation is 1. The maximum atomic E-state index is 11.8. The summed E-state index contributed by atoms with van der Waals surface area (Å²) in [5.41, 5.74) is 1.68. The van der Waals surface area contributed by atoms with Crippen LogP contribution in [0.2, 0.25) is 0 Å². The number of pyridine rings is 1. The third-order valence-electron chi connectivity index (χ3n) is 3.52. The largest absolute Gasteiger partial charge is 0.493 e. The standard InChI is InChI=1S/C18H23N3O3/c1-5-13(3)20-18(22)21-14-7-9-17(19-11-14)24-15-8-6-12(2)10-16(15)23-4/h6-11,13H,5H2,1-4H3,(H2,20,21,22). The Morgan fingerprint density at radius 1 is 1.25 bits per heavy atom. The number of hydrogen-bond acceptors (Lipinski definition) is 4. The number of nitrogens with zero attached hydrogens (tertiary/aromatic N) is 1. The van der Waals surface area contributed by atoms with Crippen LogP contribution >= 0.6 is 0 Å². The van der Waals surface area contributed by atoms with Crippen LogP contribution in [0.5, 0.6) is 17.4 Å². The van der Waals surface area contributed by atoms with Crippen molar-refractivity contribution < 1.29 is 14.3 Å². The SMILES string of the molecule is CCC(C)NC(=O)Nc1ccc(Oc2ccc(C)cc2OC)nc1. The molecule has 128 valence electrons. The fourth-order valence-electron chi connectivity index (χ4n) is 1.98. The fraction of sp³-hybridized carbons (Fsp3) is 0.333. The van der Waals surface area contributed by atoms with Crippen LogP contribution in [-0.4, -0.2) is 24.2 Å². The molecule has 0 aliphatic rings. The van der Waals surface area contributed by atoms with E-state index in [1.54, 1.807) is 25.4 Å². The maximum absolute atomic E-state index is 11.8. The summed E-state index contributed by atoms with van der Waals surface area (Å²) in [5.74, 6) is 1.66. The topological polar surface area (TPSA) is 72.5 Å². The van der Waals surface area contributed by atoms with E-state index in [1.165, 1.54) is 0 Å². The van der Waals surface area contributed by atoms with E-state index < -0.39 is 0 Å². The van der Waals surface area contributed by atoms with Gasteiger partial charge in [0.05, 0.1) is 19.0 Å². The van der Waals surface area contributed by atoms with Crippen molar-refractivity contribution in [3.8, 4) is 17.4 Å². The molecule has 1 atom stereocenters. The van der Waals surface area contributed by atoms with Gasteiger partial charge < -0.3 is 20.1 Å². The molecule has 0 aliphatic carbocycles. The van der Waals surface area contributed by atoms with Gasteiger partial charge in [0, 0.05) is 12.1 Å². The van der Waals surface area contributed by atoms with Crippen molar-refractivity contribution in [1.29, 1.82) is 0 Å². The molecule has 1 heterocycles. The minimum absolute atomic E-state index is 0.120. The Kier molecular flexibility index (Phi) is 6.01. The van der Waals surface area contributed by atoms with Gasteiger partial charge in [-0.05, 0) is 44.0 Å². The normalized spacial score (nSPS) is 11.5. The summed E-state index contributed by atoms with van der Waals surface area (Å²) < 4.78 is 11.0. The highest BCUT2D eigenvalue weighted by Gasteiger charge is 2.08. The molecule has 0 radical (unpaired) electrons. The van der Waals surface area contributed by atoms with Crippen molar-refractivity contribution in [1.82, 2.24) is 10.3 Å². The second-order valence-electron chi connectivity index (χ2n) is 5.55. The van der Waals surface area contributed by atoms with Crippen molar-refractivity contribution in [2.45, 2.75) is 33.2 Å². The van der Waals surface area contributed by atoms with Gasteiger partial charge in [-0.3, -0.25) is 0 Å². The zero-order valence-electron chi connectivity index (χ0n) is 14.4. The lowest BCUT2D eigenvalue weighted by molar-refractivity contribution is 0.249. The molecule has 2 rings (SSSR count). The van der Waals surface area contributed by atoms with Crippen LogP contribution in [0.1, 0.15) is 25.8 Å². The van der Waals surface area contributed by atoms with Crippen LogP contribution in [0.4, 0.5) is 10.5 Å². The summed E-state index contributed by atoms with van der Waals surface area (Å²) in [6.45, 7) is 5.94.